The van der Waals surface area contributed by atoms with Gasteiger partial charge in [0.25, 0.3) is 5.56 Å². The number of hydrogen-bond acceptors (Lipinski definition) is 10. The van der Waals surface area contributed by atoms with Gasteiger partial charge in [0.2, 0.25) is 17.6 Å². The molecule has 2 aromatic carbocycles. The van der Waals surface area contributed by atoms with E-state index >= 15 is 0 Å². The topological polar surface area (TPSA) is 138 Å². The Morgan fingerprint density at radius 3 is 2.30 bits per heavy atom. The summed E-state index contributed by atoms with van der Waals surface area (Å²) in [5, 5.41) is 2.49. The monoisotopic (exact) mass is 523 g/mol. The third kappa shape index (κ3) is 4.62. The van der Waals surface area contributed by atoms with Crippen molar-refractivity contribution in [2.75, 3.05) is 26.6 Å². The Balaban J connectivity index is 1.81. The van der Waals surface area contributed by atoms with Gasteiger partial charge in [0.05, 0.1) is 27.0 Å². The van der Waals surface area contributed by atoms with Crippen LogP contribution in [-0.2, 0) is 4.79 Å². The average Bonchev–Trinajstić information content (AvgIpc) is 2.84. The van der Waals surface area contributed by atoms with Crippen LogP contribution in [0.4, 0.5) is 29.5 Å². The highest BCUT2D eigenvalue weighted by molar-refractivity contribution is 5.92. The zero-order valence-electron chi connectivity index (χ0n) is 19.5. The van der Waals surface area contributed by atoms with E-state index in [2.05, 4.69) is 30.0 Å². The van der Waals surface area contributed by atoms with Crippen LogP contribution in [0.5, 0.6) is 23.0 Å². The lowest BCUT2D eigenvalue weighted by molar-refractivity contribution is -0.189. The average molecular weight is 523 g/mol. The molecule has 37 heavy (non-hydrogen) atoms. The molecule has 4 aromatic rings. The molecule has 0 aliphatic heterocycles. The Morgan fingerprint density at radius 2 is 1.68 bits per heavy atom. The van der Waals surface area contributed by atoms with Gasteiger partial charge < -0.3 is 18.9 Å². The molecule has 2 N–H and O–H groups in total. The van der Waals surface area contributed by atoms with Gasteiger partial charge in [0.1, 0.15) is 28.0 Å². The van der Waals surface area contributed by atoms with E-state index in [0.717, 1.165) is 6.07 Å². The molecule has 194 valence electrons. The fourth-order valence-corrected chi connectivity index (χ4v) is 3.53. The molecule has 0 aliphatic rings. The van der Waals surface area contributed by atoms with Gasteiger partial charge in [-0.2, -0.15) is 13.2 Å². The normalized spacial score (nSPS) is 11.5. The zero-order chi connectivity index (χ0) is 27.1. The quantitative estimate of drug-likeness (QED) is 0.219. The number of anilines is 2. The first kappa shape index (κ1) is 25.4. The molecule has 0 atom stereocenters. The maximum atomic E-state index is 14.5. The number of halogens is 4. The molecule has 15 heteroatoms. The number of ether oxygens (including phenoxy) is 4. The minimum Gasteiger partial charge on any atom is -0.493 e. The van der Waals surface area contributed by atoms with Crippen LogP contribution in [0.1, 0.15) is 5.69 Å². The number of esters is 1. The predicted octanol–water partition coefficient (Wildman–Crippen LogP) is 3.55. The molecule has 0 fully saturated rings. The molecule has 0 spiro atoms. The number of carbonyl (C=O) groups excluding carboxylic acids is 1. The number of alkyl halides is 3. The third-order valence-electron chi connectivity index (χ3n) is 5.12. The number of aromatic nitrogens is 4. The summed E-state index contributed by atoms with van der Waals surface area (Å²) in [5.41, 5.74) is -0.966. The van der Waals surface area contributed by atoms with Crippen molar-refractivity contribution in [2.45, 2.75) is 13.1 Å². The first-order valence-corrected chi connectivity index (χ1v) is 10.2. The molecular formula is C22H17F4N5O6. The van der Waals surface area contributed by atoms with Gasteiger partial charge in [-0.3, -0.25) is 15.1 Å². The smallest absolute Gasteiger partial charge is 0.491 e. The van der Waals surface area contributed by atoms with Crippen molar-refractivity contribution >= 4 is 39.7 Å². The van der Waals surface area contributed by atoms with E-state index in [0.29, 0.717) is 28.4 Å². The van der Waals surface area contributed by atoms with Crippen LogP contribution in [-0.4, -0.2) is 53.4 Å². The van der Waals surface area contributed by atoms with E-state index in [4.69, 9.17) is 14.2 Å². The van der Waals surface area contributed by atoms with Crippen molar-refractivity contribution in [1.82, 2.24) is 19.9 Å². The third-order valence-corrected chi connectivity index (χ3v) is 5.12. The van der Waals surface area contributed by atoms with E-state index in [-0.39, 0.29) is 23.4 Å². The summed E-state index contributed by atoms with van der Waals surface area (Å²) in [6.45, 7) is 1.66. The SMILES string of the molecule is COc1cc2c(C)nc(Nc3nc4c(F)ccc(OC(=O)C(F)(F)F)c4c(=O)[nH]3)nc2c(OC)c1OC. The molecule has 11 nitrogen and oxygen atoms in total. The number of aromatic amines is 1. The number of aryl methyl sites for hydroxylation is 1. The molecule has 0 bridgehead atoms. The zero-order valence-corrected chi connectivity index (χ0v) is 19.5. The molecule has 0 radical (unpaired) electrons. The van der Waals surface area contributed by atoms with E-state index in [1.54, 1.807) is 13.0 Å². The molecule has 2 aromatic heterocycles. The number of methoxy groups -OCH3 is 3. The minimum atomic E-state index is -5.33. The van der Waals surface area contributed by atoms with Gasteiger partial charge in [0, 0.05) is 5.39 Å². The standard InChI is InChI=1S/C22H17F4N5O6/c1-8-9-7-12(34-2)16(35-3)17(36-4)14(9)28-20(27-8)31-21-29-15-10(23)5-6-11(13(15)18(32)30-21)37-19(33)22(24,25)26/h5-7H,1-4H3,(H2,27,28,29,30,31,32). The van der Waals surface area contributed by atoms with Crippen molar-refractivity contribution in [1.29, 1.82) is 0 Å². The van der Waals surface area contributed by atoms with Crippen molar-refractivity contribution in [2.24, 2.45) is 0 Å². The molecule has 0 amide bonds. The van der Waals surface area contributed by atoms with Gasteiger partial charge in [0.15, 0.2) is 11.5 Å². The van der Waals surface area contributed by atoms with Gasteiger partial charge in [-0.25, -0.2) is 24.1 Å². The number of nitrogens with zero attached hydrogens (tertiary/aromatic N) is 3. The summed E-state index contributed by atoms with van der Waals surface area (Å²) in [6, 6.07) is 3.07. The largest absolute Gasteiger partial charge is 0.493 e. The van der Waals surface area contributed by atoms with E-state index < -0.39 is 40.2 Å². The molecule has 0 unspecified atom stereocenters. The highest BCUT2D eigenvalue weighted by atomic mass is 19.4. The number of carbonyl (C=O) groups is 1. The maximum Gasteiger partial charge on any atom is 0.491 e. The van der Waals surface area contributed by atoms with Gasteiger partial charge in [-0.1, -0.05) is 0 Å². The fraction of sp³-hybridized carbons (Fsp3) is 0.227. The van der Waals surface area contributed by atoms with Gasteiger partial charge in [-0.05, 0) is 25.1 Å². The molecule has 0 saturated heterocycles. The Kier molecular flexibility index (Phi) is 6.46. The summed E-state index contributed by atoms with van der Waals surface area (Å²) in [4.78, 5) is 38.7. The second-order valence-electron chi connectivity index (χ2n) is 7.37. The Hall–Kier alpha value is -4.69. The summed E-state index contributed by atoms with van der Waals surface area (Å²) in [7, 11) is 4.26. The molecule has 0 aliphatic carbocycles. The number of nitrogens with one attached hydrogen (secondary N) is 2. The van der Waals surface area contributed by atoms with Crippen LogP contribution in [0.2, 0.25) is 0 Å². The first-order chi connectivity index (χ1) is 17.5. The second kappa shape index (κ2) is 9.40. The highest BCUT2D eigenvalue weighted by Crippen LogP contribution is 2.43. The lowest BCUT2D eigenvalue weighted by atomic mass is 10.1. The lowest BCUT2D eigenvalue weighted by Gasteiger charge is -2.16. The van der Waals surface area contributed by atoms with E-state index in [1.165, 1.54) is 21.3 Å². The summed E-state index contributed by atoms with van der Waals surface area (Å²) in [6.07, 6.45) is -5.33. The number of fused-ring (bicyclic) bond motifs is 2. The number of rotatable bonds is 6. The van der Waals surface area contributed by atoms with Crippen LogP contribution in [0, 0.1) is 12.7 Å². The molecule has 4 rings (SSSR count). The summed E-state index contributed by atoms with van der Waals surface area (Å²) >= 11 is 0. The van der Waals surface area contributed by atoms with E-state index in [1.807, 2.05) is 0 Å². The van der Waals surface area contributed by atoms with Crippen LogP contribution >= 0.6 is 0 Å². The number of benzene rings is 2. The minimum absolute atomic E-state index is 0.0851. The van der Waals surface area contributed by atoms with Crippen LogP contribution in [0.15, 0.2) is 23.0 Å². The molecule has 2 heterocycles. The fourth-order valence-electron chi connectivity index (χ4n) is 3.53. The second-order valence-corrected chi connectivity index (χ2v) is 7.37. The van der Waals surface area contributed by atoms with Gasteiger partial charge >= 0.3 is 12.1 Å². The van der Waals surface area contributed by atoms with Crippen LogP contribution in [0.25, 0.3) is 21.8 Å². The van der Waals surface area contributed by atoms with Crippen LogP contribution in [0.3, 0.4) is 0 Å². The van der Waals surface area contributed by atoms with Crippen LogP contribution < -0.4 is 29.8 Å². The van der Waals surface area contributed by atoms with Crippen molar-refractivity contribution < 1.29 is 41.3 Å². The summed E-state index contributed by atoms with van der Waals surface area (Å²) in [5.74, 6) is -4.01. The van der Waals surface area contributed by atoms with Crippen molar-refractivity contribution in [3.8, 4) is 23.0 Å². The number of H-pyrrole nitrogens is 1. The Labute approximate surface area is 204 Å². The maximum absolute atomic E-state index is 14.5. The number of hydrogen-bond donors (Lipinski definition) is 2. The predicted molar refractivity (Wildman–Crippen MR) is 121 cm³/mol. The first-order valence-electron chi connectivity index (χ1n) is 10.2. The molecular weight excluding hydrogens is 506 g/mol. The molecule has 0 saturated carbocycles. The Bertz CT molecular complexity index is 1610. The highest BCUT2D eigenvalue weighted by Gasteiger charge is 2.41. The van der Waals surface area contributed by atoms with E-state index in [9.17, 15) is 27.2 Å². The Morgan fingerprint density at radius 1 is 0.973 bits per heavy atom. The van der Waals surface area contributed by atoms with Crippen molar-refractivity contribution in [3.63, 3.8) is 0 Å². The lowest BCUT2D eigenvalue weighted by Crippen LogP contribution is -2.28. The summed E-state index contributed by atoms with van der Waals surface area (Å²) < 4.78 is 72.7. The van der Waals surface area contributed by atoms with Crippen molar-refractivity contribution in [3.05, 3.63) is 40.1 Å². The van der Waals surface area contributed by atoms with Gasteiger partial charge in [-0.15, -0.1) is 0 Å².